The fraction of sp³-hybridized carbons (Fsp3) is 0.333. The molecule has 2 aromatic heterocycles. The van der Waals surface area contributed by atoms with Crippen LogP contribution in [0.5, 0.6) is 0 Å². The second-order valence-corrected chi connectivity index (χ2v) is 8.66. The van der Waals surface area contributed by atoms with Crippen LogP contribution in [-0.4, -0.2) is 20.7 Å². The van der Waals surface area contributed by atoms with Gasteiger partial charge in [0.05, 0.1) is 17.7 Å². The average molecular weight is 457 g/mol. The molecule has 174 valence electrons. The SMILES string of the molecule is CC(C)c1ccc2c(c1)C(Cn1cnc(-c3cc(/C(N)=C(/NN)C(F)(F)F)ccn3)c1)CC2. The van der Waals surface area contributed by atoms with E-state index in [0.717, 1.165) is 19.4 Å². The largest absolute Gasteiger partial charge is 0.434 e. The molecule has 5 N–H and O–H groups in total. The van der Waals surface area contributed by atoms with Crippen molar-refractivity contribution in [3.63, 3.8) is 0 Å². The zero-order chi connectivity index (χ0) is 23.8. The Kier molecular flexibility index (Phi) is 6.16. The number of allylic oxidation sites excluding steroid dienone is 1. The summed E-state index contributed by atoms with van der Waals surface area (Å²) in [6, 6.07) is 9.65. The van der Waals surface area contributed by atoms with Crippen LogP contribution in [0.3, 0.4) is 0 Å². The van der Waals surface area contributed by atoms with Crippen LogP contribution in [0.25, 0.3) is 17.1 Å². The first-order valence-corrected chi connectivity index (χ1v) is 10.8. The fourth-order valence-electron chi connectivity index (χ4n) is 4.30. The van der Waals surface area contributed by atoms with Gasteiger partial charge < -0.3 is 15.7 Å². The molecule has 0 amide bonds. The lowest BCUT2D eigenvalue weighted by atomic mass is 9.94. The minimum Gasteiger partial charge on any atom is -0.397 e. The van der Waals surface area contributed by atoms with Crippen LogP contribution in [0.15, 0.2) is 54.7 Å². The number of pyridine rings is 1. The summed E-state index contributed by atoms with van der Waals surface area (Å²) in [6.45, 7) is 5.16. The van der Waals surface area contributed by atoms with Crippen molar-refractivity contribution in [1.29, 1.82) is 0 Å². The first kappa shape index (κ1) is 22.8. The first-order valence-electron chi connectivity index (χ1n) is 10.8. The number of aryl methyl sites for hydroxylation is 1. The van der Waals surface area contributed by atoms with Crippen molar-refractivity contribution >= 4 is 5.70 Å². The number of hydrogen-bond donors (Lipinski definition) is 3. The lowest BCUT2D eigenvalue weighted by molar-refractivity contribution is -0.0961. The summed E-state index contributed by atoms with van der Waals surface area (Å²) in [6.07, 6.45) is 2.44. The van der Waals surface area contributed by atoms with E-state index in [1.54, 1.807) is 11.8 Å². The second-order valence-electron chi connectivity index (χ2n) is 8.66. The molecule has 4 rings (SSSR count). The number of nitrogens with two attached hydrogens (primary N) is 2. The van der Waals surface area contributed by atoms with E-state index in [2.05, 4.69) is 42.0 Å². The van der Waals surface area contributed by atoms with Gasteiger partial charge in [-0.1, -0.05) is 32.0 Å². The van der Waals surface area contributed by atoms with Crippen molar-refractivity contribution in [3.8, 4) is 11.4 Å². The van der Waals surface area contributed by atoms with Crippen molar-refractivity contribution in [2.75, 3.05) is 0 Å². The van der Waals surface area contributed by atoms with E-state index in [0.29, 0.717) is 23.2 Å². The molecule has 1 unspecified atom stereocenters. The number of hydrazine groups is 1. The highest BCUT2D eigenvalue weighted by Crippen LogP contribution is 2.36. The van der Waals surface area contributed by atoms with Crippen molar-refractivity contribution in [3.05, 3.63) is 77.0 Å². The monoisotopic (exact) mass is 456 g/mol. The molecular weight excluding hydrogens is 429 g/mol. The molecule has 1 aliphatic rings. The maximum atomic E-state index is 13.1. The molecule has 1 aliphatic carbocycles. The molecule has 33 heavy (non-hydrogen) atoms. The van der Waals surface area contributed by atoms with Gasteiger partial charge in [-0.2, -0.15) is 13.2 Å². The smallest absolute Gasteiger partial charge is 0.397 e. The maximum absolute atomic E-state index is 13.1. The van der Waals surface area contributed by atoms with Gasteiger partial charge in [-0.05, 0) is 47.6 Å². The highest BCUT2D eigenvalue weighted by Gasteiger charge is 2.36. The van der Waals surface area contributed by atoms with Gasteiger partial charge in [0.15, 0.2) is 5.70 Å². The standard InChI is InChI=1S/C24H27F3N6/c1-14(2)16-5-3-15-4-6-18(19(15)9-16)11-33-12-21(31-13-33)20-10-17(7-8-30-20)22(28)23(32-29)24(25,26)27/h3,5,7-10,12-14,18,32H,4,6,11,28-29H2,1-2H3/b23-22-. The Bertz CT molecular complexity index is 1180. The van der Waals surface area contributed by atoms with Crippen molar-refractivity contribution in [2.24, 2.45) is 11.6 Å². The second kappa shape index (κ2) is 8.90. The summed E-state index contributed by atoms with van der Waals surface area (Å²) in [5.74, 6) is 5.92. The number of hydrogen-bond acceptors (Lipinski definition) is 5. The summed E-state index contributed by atoms with van der Waals surface area (Å²) in [5.41, 5.74) is 11.0. The number of imidazole rings is 1. The normalized spacial score (nSPS) is 16.6. The van der Waals surface area contributed by atoms with Crippen LogP contribution in [0.1, 0.15) is 54.4 Å². The number of nitrogens with one attached hydrogen (secondary N) is 1. The number of halogens is 3. The topological polar surface area (TPSA) is 94.8 Å². The first-order chi connectivity index (χ1) is 15.7. The Morgan fingerprint density at radius 3 is 2.67 bits per heavy atom. The molecule has 0 bridgehead atoms. The number of nitrogens with zero attached hydrogens (tertiary/aromatic N) is 3. The number of fused-ring (bicyclic) bond motifs is 1. The zero-order valence-corrected chi connectivity index (χ0v) is 18.5. The molecule has 1 aromatic carbocycles. The van der Waals surface area contributed by atoms with E-state index < -0.39 is 17.6 Å². The molecule has 0 fully saturated rings. The third-order valence-electron chi connectivity index (χ3n) is 6.13. The van der Waals surface area contributed by atoms with E-state index in [1.165, 1.54) is 35.0 Å². The molecule has 2 heterocycles. The van der Waals surface area contributed by atoms with Gasteiger partial charge in [-0.15, -0.1) is 0 Å². The van der Waals surface area contributed by atoms with Gasteiger partial charge in [0.2, 0.25) is 0 Å². The van der Waals surface area contributed by atoms with Crippen LogP contribution in [0.4, 0.5) is 13.2 Å². The summed E-state index contributed by atoms with van der Waals surface area (Å²) < 4.78 is 41.4. The lowest BCUT2D eigenvalue weighted by Gasteiger charge is -2.15. The fourth-order valence-corrected chi connectivity index (χ4v) is 4.30. The van der Waals surface area contributed by atoms with Crippen LogP contribution < -0.4 is 17.0 Å². The molecule has 0 saturated carbocycles. The quantitative estimate of drug-likeness (QED) is 0.376. The minimum atomic E-state index is -4.70. The van der Waals surface area contributed by atoms with E-state index in [9.17, 15) is 13.2 Å². The van der Waals surface area contributed by atoms with E-state index >= 15 is 0 Å². The summed E-state index contributed by atoms with van der Waals surface area (Å²) in [7, 11) is 0. The van der Waals surface area contributed by atoms with Gasteiger partial charge >= 0.3 is 6.18 Å². The number of rotatable bonds is 6. The molecule has 0 radical (unpaired) electrons. The summed E-state index contributed by atoms with van der Waals surface area (Å²) in [5, 5.41) is 0. The highest BCUT2D eigenvalue weighted by molar-refractivity contribution is 5.69. The predicted molar refractivity (Wildman–Crippen MR) is 122 cm³/mol. The van der Waals surface area contributed by atoms with E-state index in [4.69, 9.17) is 11.6 Å². The van der Waals surface area contributed by atoms with Crippen LogP contribution in [-0.2, 0) is 13.0 Å². The van der Waals surface area contributed by atoms with Crippen LogP contribution >= 0.6 is 0 Å². The lowest BCUT2D eigenvalue weighted by Crippen LogP contribution is -2.34. The van der Waals surface area contributed by atoms with Crippen molar-refractivity contribution in [1.82, 2.24) is 20.0 Å². The molecule has 0 spiro atoms. The Balaban J connectivity index is 1.57. The number of alkyl halides is 3. The molecule has 6 nitrogen and oxygen atoms in total. The van der Waals surface area contributed by atoms with Crippen molar-refractivity contribution < 1.29 is 13.2 Å². The van der Waals surface area contributed by atoms with Gasteiger partial charge in [-0.25, -0.2) is 4.98 Å². The van der Waals surface area contributed by atoms with E-state index in [1.807, 2.05) is 10.8 Å². The van der Waals surface area contributed by atoms with Gasteiger partial charge in [0.25, 0.3) is 0 Å². The third-order valence-corrected chi connectivity index (χ3v) is 6.13. The molecule has 0 aliphatic heterocycles. The molecule has 0 saturated heterocycles. The zero-order valence-electron chi connectivity index (χ0n) is 18.5. The minimum absolute atomic E-state index is 0.158. The number of aromatic nitrogens is 3. The summed E-state index contributed by atoms with van der Waals surface area (Å²) in [4.78, 5) is 8.69. The molecule has 1 atom stereocenters. The molecular formula is C24H27F3N6. The Labute approximate surface area is 190 Å². The van der Waals surface area contributed by atoms with Gasteiger partial charge in [-0.3, -0.25) is 10.8 Å². The molecule has 3 aromatic rings. The average Bonchev–Trinajstić information content (AvgIpc) is 3.40. The Hall–Kier alpha value is -3.33. The maximum Gasteiger partial charge on any atom is 0.434 e. The van der Waals surface area contributed by atoms with Crippen molar-refractivity contribution in [2.45, 2.75) is 51.2 Å². The Morgan fingerprint density at radius 1 is 1.18 bits per heavy atom. The van der Waals surface area contributed by atoms with Crippen LogP contribution in [0, 0.1) is 0 Å². The van der Waals surface area contributed by atoms with E-state index in [-0.39, 0.29) is 5.56 Å². The Morgan fingerprint density at radius 2 is 1.97 bits per heavy atom. The summed E-state index contributed by atoms with van der Waals surface area (Å²) >= 11 is 0. The number of benzene rings is 1. The van der Waals surface area contributed by atoms with Gasteiger partial charge in [0.1, 0.15) is 5.69 Å². The third kappa shape index (κ3) is 4.73. The highest BCUT2D eigenvalue weighted by atomic mass is 19.4. The predicted octanol–water partition coefficient (Wildman–Crippen LogP) is 4.45. The van der Waals surface area contributed by atoms with Gasteiger partial charge in [0, 0.05) is 30.4 Å². The molecule has 9 heteroatoms. The van der Waals surface area contributed by atoms with Crippen LogP contribution in [0.2, 0.25) is 0 Å².